The molecule has 3 fully saturated rings. The summed E-state index contributed by atoms with van der Waals surface area (Å²) in [5.41, 5.74) is 2.52. The highest BCUT2D eigenvalue weighted by Gasteiger charge is 2.55. The van der Waals surface area contributed by atoms with Crippen LogP contribution in [-0.4, -0.2) is 37.4 Å². The maximum absolute atomic E-state index is 12.3. The van der Waals surface area contributed by atoms with Crippen molar-refractivity contribution in [1.29, 1.82) is 0 Å². The number of alkyl halides is 6. The molecule has 3 saturated carbocycles. The molecule has 0 aromatic rings. The monoisotopic (exact) mass is 420 g/mol. The molecule has 0 heterocycles. The molecule has 0 aromatic heterocycles. The van der Waals surface area contributed by atoms with E-state index in [0.29, 0.717) is 38.5 Å². The number of hydrogen-bond donors (Lipinski definition) is 2. The highest BCUT2D eigenvalue weighted by atomic mass is 19.4. The van der Waals surface area contributed by atoms with Crippen molar-refractivity contribution in [2.75, 3.05) is 13.2 Å². The van der Waals surface area contributed by atoms with Gasteiger partial charge in [0.25, 0.3) is 0 Å². The Kier molecular flexibility index (Phi) is 6.85. The van der Waals surface area contributed by atoms with E-state index in [0.717, 1.165) is 0 Å². The van der Waals surface area contributed by atoms with Crippen LogP contribution in [0.25, 0.3) is 0 Å². The van der Waals surface area contributed by atoms with Crippen LogP contribution in [0.1, 0.15) is 51.4 Å². The van der Waals surface area contributed by atoms with Gasteiger partial charge in [0, 0.05) is 0 Å². The van der Waals surface area contributed by atoms with Gasteiger partial charge in [-0.1, -0.05) is 0 Å². The second-order valence-electron chi connectivity index (χ2n) is 7.35. The SMILES string of the molecule is O=C(NOCCC(F)(F)F)C12CCC(C(=O)NOCCC(F)(F)F)(CC1)CC2. The topological polar surface area (TPSA) is 76.7 Å². The molecule has 3 rings (SSSR count). The molecule has 162 valence electrons. The van der Waals surface area contributed by atoms with E-state index in [9.17, 15) is 35.9 Å². The van der Waals surface area contributed by atoms with E-state index in [-0.39, 0.29) is 0 Å². The highest BCUT2D eigenvalue weighted by Crippen LogP contribution is 2.57. The fraction of sp³-hybridized carbons (Fsp3) is 0.875. The lowest BCUT2D eigenvalue weighted by molar-refractivity contribution is -0.173. The van der Waals surface area contributed by atoms with Crippen LogP contribution in [-0.2, 0) is 19.3 Å². The molecule has 2 N–H and O–H groups in total. The zero-order valence-electron chi connectivity index (χ0n) is 15.0. The van der Waals surface area contributed by atoms with Crippen LogP contribution in [0, 0.1) is 10.8 Å². The van der Waals surface area contributed by atoms with Crippen molar-refractivity contribution in [3.63, 3.8) is 0 Å². The van der Waals surface area contributed by atoms with Crippen molar-refractivity contribution >= 4 is 11.8 Å². The first kappa shape index (κ1) is 22.7. The van der Waals surface area contributed by atoms with Gasteiger partial charge >= 0.3 is 12.4 Å². The molecule has 2 amide bonds. The number of rotatable bonds is 8. The Balaban J connectivity index is 1.77. The first-order valence-electron chi connectivity index (χ1n) is 8.86. The van der Waals surface area contributed by atoms with E-state index < -0.39 is 61.1 Å². The number of hydrogen-bond acceptors (Lipinski definition) is 4. The lowest BCUT2D eigenvalue weighted by Gasteiger charge is -2.50. The van der Waals surface area contributed by atoms with Crippen molar-refractivity contribution in [2.45, 2.75) is 63.7 Å². The van der Waals surface area contributed by atoms with E-state index in [1.807, 2.05) is 0 Å². The first-order valence-corrected chi connectivity index (χ1v) is 8.86. The van der Waals surface area contributed by atoms with Gasteiger partial charge in [0.05, 0.1) is 36.9 Å². The Labute approximate surface area is 157 Å². The van der Waals surface area contributed by atoms with E-state index in [2.05, 4.69) is 20.6 Å². The Morgan fingerprint density at radius 2 is 0.964 bits per heavy atom. The molecule has 0 atom stereocenters. The summed E-state index contributed by atoms with van der Waals surface area (Å²) in [4.78, 5) is 33.9. The normalized spacial score (nSPS) is 27.5. The zero-order chi connectivity index (χ0) is 21.1. The Hall–Kier alpha value is -1.56. The van der Waals surface area contributed by atoms with Crippen LogP contribution in [0.3, 0.4) is 0 Å². The maximum atomic E-state index is 12.3. The van der Waals surface area contributed by atoms with Crippen molar-refractivity contribution in [1.82, 2.24) is 11.0 Å². The van der Waals surface area contributed by atoms with Crippen molar-refractivity contribution in [2.24, 2.45) is 10.8 Å². The molecule has 3 aliphatic carbocycles. The van der Waals surface area contributed by atoms with Crippen LogP contribution in [0.2, 0.25) is 0 Å². The van der Waals surface area contributed by atoms with Crippen LogP contribution in [0.5, 0.6) is 0 Å². The standard InChI is InChI=1S/C16H22F6N2O4/c17-15(18,19)7-9-27-23-11(25)13-1-2-14(5-3-13,6-4-13)12(26)24-28-10-8-16(20,21)22/h1-10H2,(H,23,25)(H,24,26). The summed E-state index contributed by atoms with van der Waals surface area (Å²) in [5, 5.41) is 0. The predicted octanol–water partition coefficient (Wildman–Crippen LogP) is 3.33. The molecule has 2 bridgehead atoms. The molecule has 0 aliphatic heterocycles. The Bertz CT molecular complexity index is 504. The number of carbonyl (C=O) groups is 2. The summed E-state index contributed by atoms with van der Waals surface area (Å²) in [6, 6.07) is 0. The minimum Gasteiger partial charge on any atom is -0.273 e. The number of nitrogens with one attached hydrogen (secondary N) is 2. The first-order chi connectivity index (χ1) is 12.9. The molecule has 0 saturated heterocycles. The van der Waals surface area contributed by atoms with E-state index in [1.54, 1.807) is 0 Å². The van der Waals surface area contributed by atoms with Gasteiger partial charge in [-0.3, -0.25) is 19.3 Å². The second-order valence-corrected chi connectivity index (χ2v) is 7.35. The van der Waals surface area contributed by atoms with Crippen LogP contribution < -0.4 is 11.0 Å². The number of amides is 2. The van der Waals surface area contributed by atoms with Gasteiger partial charge in [-0.05, 0) is 38.5 Å². The number of hydroxylamine groups is 2. The summed E-state index contributed by atoms with van der Waals surface area (Å²) in [6.45, 7) is -1.38. The number of carbonyl (C=O) groups excluding carboxylic acids is 2. The minimum atomic E-state index is -4.38. The molecular weight excluding hydrogens is 398 g/mol. The molecule has 0 unspecified atom stereocenters. The number of halogens is 6. The third-order valence-electron chi connectivity index (χ3n) is 5.51. The Morgan fingerprint density at radius 3 is 1.21 bits per heavy atom. The lowest BCUT2D eigenvalue weighted by atomic mass is 9.53. The van der Waals surface area contributed by atoms with Crippen LogP contribution >= 0.6 is 0 Å². The summed E-state index contributed by atoms with van der Waals surface area (Å²) < 4.78 is 72.4. The molecule has 0 radical (unpaired) electrons. The molecule has 12 heteroatoms. The van der Waals surface area contributed by atoms with Gasteiger partial charge in [0.2, 0.25) is 11.8 Å². The zero-order valence-corrected chi connectivity index (χ0v) is 15.0. The Morgan fingerprint density at radius 1 is 0.679 bits per heavy atom. The van der Waals surface area contributed by atoms with Gasteiger partial charge in [0.15, 0.2) is 0 Å². The summed E-state index contributed by atoms with van der Waals surface area (Å²) in [6.07, 6.45) is -9.14. The molecule has 0 spiro atoms. The average Bonchev–Trinajstić information content (AvgIpc) is 2.62. The van der Waals surface area contributed by atoms with Gasteiger partial charge in [0.1, 0.15) is 0 Å². The van der Waals surface area contributed by atoms with E-state index >= 15 is 0 Å². The van der Waals surface area contributed by atoms with Crippen LogP contribution in [0.15, 0.2) is 0 Å². The van der Waals surface area contributed by atoms with Gasteiger partial charge in [-0.15, -0.1) is 0 Å². The highest BCUT2D eigenvalue weighted by molar-refractivity contribution is 5.86. The van der Waals surface area contributed by atoms with Crippen LogP contribution in [0.4, 0.5) is 26.3 Å². The van der Waals surface area contributed by atoms with Gasteiger partial charge in [-0.2, -0.15) is 26.3 Å². The predicted molar refractivity (Wildman–Crippen MR) is 82.1 cm³/mol. The molecule has 28 heavy (non-hydrogen) atoms. The van der Waals surface area contributed by atoms with Gasteiger partial charge < -0.3 is 0 Å². The summed E-state index contributed by atoms with van der Waals surface area (Å²) in [5.74, 6) is -1.02. The van der Waals surface area contributed by atoms with Gasteiger partial charge in [-0.25, -0.2) is 11.0 Å². The number of fused-ring (bicyclic) bond motifs is 3. The third-order valence-corrected chi connectivity index (χ3v) is 5.51. The van der Waals surface area contributed by atoms with Crippen molar-refractivity contribution < 1.29 is 45.6 Å². The second kappa shape index (κ2) is 8.44. The fourth-order valence-electron chi connectivity index (χ4n) is 3.65. The van der Waals surface area contributed by atoms with Crippen molar-refractivity contribution in [3.8, 4) is 0 Å². The molecule has 6 nitrogen and oxygen atoms in total. The summed E-state index contributed by atoms with van der Waals surface area (Å²) in [7, 11) is 0. The molecule has 0 aromatic carbocycles. The third kappa shape index (κ3) is 5.97. The summed E-state index contributed by atoms with van der Waals surface area (Å²) >= 11 is 0. The lowest BCUT2D eigenvalue weighted by Crippen LogP contribution is -2.54. The van der Waals surface area contributed by atoms with E-state index in [1.165, 1.54) is 0 Å². The fourth-order valence-corrected chi connectivity index (χ4v) is 3.65. The smallest absolute Gasteiger partial charge is 0.273 e. The molecule has 3 aliphatic rings. The van der Waals surface area contributed by atoms with Crippen molar-refractivity contribution in [3.05, 3.63) is 0 Å². The minimum absolute atomic E-state index is 0.331. The largest absolute Gasteiger partial charge is 0.391 e. The maximum Gasteiger partial charge on any atom is 0.391 e. The quantitative estimate of drug-likeness (QED) is 0.359. The molecular formula is C16H22F6N2O4. The van der Waals surface area contributed by atoms with E-state index in [4.69, 9.17) is 0 Å². The average molecular weight is 420 g/mol.